The summed E-state index contributed by atoms with van der Waals surface area (Å²) in [6, 6.07) is 15.3. The fraction of sp³-hybridized carbons (Fsp3) is 0.304. The van der Waals surface area contributed by atoms with Gasteiger partial charge in [0.25, 0.3) is 0 Å². The van der Waals surface area contributed by atoms with Crippen LogP contribution >= 0.6 is 0 Å². The van der Waals surface area contributed by atoms with Gasteiger partial charge in [-0.1, -0.05) is 41.5 Å². The summed E-state index contributed by atoms with van der Waals surface area (Å²) in [5.74, 6) is -0.204. The van der Waals surface area contributed by atoms with Gasteiger partial charge < -0.3 is 14.3 Å². The smallest absolute Gasteiger partial charge is 0.178 e. The van der Waals surface area contributed by atoms with Crippen LogP contribution in [0.2, 0.25) is 0 Å². The zero-order chi connectivity index (χ0) is 20.8. The molecule has 1 aromatic carbocycles. The molecule has 0 bridgehead atoms. The van der Waals surface area contributed by atoms with E-state index in [1.807, 2.05) is 47.6 Å². The van der Waals surface area contributed by atoms with E-state index in [0.717, 1.165) is 0 Å². The Morgan fingerprint density at radius 3 is 2.11 bits per heavy atom. The number of Topliss-reactive ketones (excluding diaryl/α,β-unsaturated/α-hetero) is 1. The summed E-state index contributed by atoms with van der Waals surface area (Å²) in [4.78, 5) is 27.1. The maximum absolute atomic E-state index is 12.6. The zero-order valence-electron chi connectivity index (χ0n) is 18.0. The largest absolute Gasteiger partial charge is 0.357 e. The fourth-order valence-electron chi connectivity index (χ4n) is 2.29. The summed E-state index contributed by atoms with van der Waals surface area (Å²) in [6.45, 7) is 13.5. The molecule has 3 aromatic rings. The van der Waals surface area contributed by atoms with Crippen LogP contribution in [0.1, 0.15) is 75.0 Å². The minimum atomic E-state index is -0.128. The zero-order valence-corrected chi connectivity index (χ0v) is 20.9. The van der Waals surface area contributed by atoms with E-state index in [2.05, 4.69) is 11.1 Å². The number of hydrogen-bond donors (Lipinski definition) is 1. The molecular formula is C23H31N2O2Y-. The second-order valence-electron chi connectivity index (χ2n) is 4.66. The van der Waals surface area contributed by atoms with Crippen LogP contribution in [-0.4, -0.2) is 21.1 Å². The summed E-state index contributed by atoms with van der Waals surface area (Å²) in [5.41, 5.74) is 2.15. The normalized spacial score (nSPS) is 8.54. The third-order valence-electron chi connectivity index (χ3n) is 3.27. The van der Waals surface area contributed by atoms with Gasteiger partial charge in [-0.3, -0.25) is 4.79 Å². The molecule has 0 spiro atoms. The van der Waals surface area contributed by atoms with E-state index in [9.17, 15) is 9.59 Å². The third-order valence-corrected chi connectivity index (χ3v) is 3.27. The molecule has 0 unspecified atom stereocenters. The number of aromatic amines is 1. The number of nitrogens with zero attached hydrogens (tertiary/aromatic N) is 1. The number of benzene rings is 1. The van der Waals surface area contributed by atoms with E-state index in [4.69, 9.17) is 0 Å². The number of hydrogen-bond acceptors (Lipinski definition) is 2. The van der Waals surface area contributed by atoms with Crippen molar-refractivity contribution in [3.05, 3.63) is 77.9 Å². The molecule has 4 nitrogen and oxygen atoms in total. The number of rotatable bonds is 4. The number of ketones is 2. The average Bonchev–Trinajstić information content (AvgIpc) is 3.42. The maximum Gasteiger partial charge on any atom is 0.178 e. The maximum atomic E-state index is 12.6. The molecule has 1 N–H and O–H groups in total. The Bertz CT molecular complexity index is 805. The molecule has 0 aliphatic heterocycles. The average molecular weight is 456 g/mol. The molecule has 0 aliphatic carbocycles. The van der Waals surface area contributed by atoms with Crippen molar-refractivity contribution < 1.29 is 42.3 Å². The summed E-state index contributed by atoms with van der Waals surface area (Å²) < 4.78 is 1.72. The van der Waals surface area contributed by atoms with Gasteiger partial charge in [0.1, 0.15) is 11.5 Å². The second-order valence-corrected chi connectivity index (χ2v) is 4.66. The molecule has 149 valence electrons. The van der Waals surface area contributed by atoms with Crippen molar-refractivity contribution in [3.8, 4) is 5.69 Å². The molecular weight excluding hydrogens is 425 g/mol. The van der Waals surface area contributed by atoms with Crippen LogP contribution in [0.15, 0.2) is 54.9 Å². The predicted molar refractivity (Wildman–Crippen MR) is 113 cm³/mol. The van der Waals surface area contributed by atoms with Gasteiger partial charge in [-0.15, -0.1) is 35.9 Å². The predicted octanol–water partition coefficient (Wildman–Crippen LogP) is 6.12. The monoisotopic (exact) mass is 456 g/mol. The molecule has 28 heavy (non-hydrogen) atoms. The van der Waals surface area contributed by atoms with Crippen molar-refractivity contribution in [1.82, 2.24) is 9.55 Å². The molecule has 3 rings (SSSR count). The number of nitrogens with one attached hydrogen (secondary N) is 1. The van der Waals surface area contributed by atoms with Crippen molar-refractivity contribution >= 4 is 11.6 Å². The summed E-state index contributed by atoms with van der Waals surface area (Å²) in [7, 11) is 0. The summed E-state index contributed by atoms with van der Waals surface area (Å²) >= 11 is 0. The van der Waals surface area contributed by atoms with E-state index in [-0.39, 0.29) is 44.3 Å². The first-order valence-corrected chi connectivity index (χ1v) is 9.56. The Hall–Kier alpha value is -1.78. The molecule has 0 fully saturated rings. The van der Waals surface area contributed by atoms with Gasteiger partial charge in [0.05, 0.1) is 11.4 Å². The third kappa shape index (κ3) is 7.33. The van der Waals surface area contributed by atoms with Gasteiger partial charge in [-0.2, -0.15) is 0 Å². The first kappa shape index (κ1) is 28.4. The first-order valence-electron chi connectivity index (χ1n) is 9.56. The van der Waals surface area contributed by atoms with Crippen molar-refractivity contribution in [2.75, 3.05) is 0 Å². The Labute approximate surface area is 194 Å². The topological polar surface area (TPSA) is 54.9 Å². The van der Waals surface area contributed by atoms with Gasteiger partial charge in [-0.25, -0.2) is 0 Å². The Balaban J connectivity index is 0. The van der Waals surface area contributed by atoms with Crippen molar-refractivity contribution in [1.29, 1.82) is 0 Å². The first-order chi connectivity index (χ1) is 13.2. The molecule has 0 aliphatic rings. The van der Waals surface area contributed by atoms with Gasteiger partial charge >= 0.3 is 0 Å². The molecule has 2 aromatic heterocycles. The van der Waals surface area contributed by atoms with Gasteiger partial charge in [0.2, 0.25) is 0 Å². The van der Waals surface area contributed by atoms with E-state index in [0.29, 0.717) is 22.6 Å². The minimum Gasteiger partial charge on any atom is -0.357 e. The van der Waals surface area contributed by atoms with E-state index >= 15 is 0 Å². The minimum absolute atomic E-state index is 0. The molecule has 0 saturated heterocycles. The van der Waals surface area contributed by atoms with Crippen LogP contribution in [0.4, 0.5) is 0 Å². The Morgan fingerprint density at radius 1 is 0.929 bits per heavy atom. The Kier molecular flexibility index (Phi) is 16.5. The van der Waals surface area contributed by atoms with Crippen LogP contribution in [0, 0.1) is 6.07 Å². The summed E-state index contributed by atoms with van der Waals surface area (Å²) in [5, 5.41) is 0. The van der Waals surface area contributed by atoms with Gasteiger partial charge in [0.15, 0.2) is 5.78 Å². The van der Waals surface area contributed by atoms with Gasteiger partial charge in [-0.05, 0) is 18.2 Å². The number of H-pyrrole nitrogens is 1. The molecule has 2 heterocycles. The van der Waals surface area contributed by atoms with Crippen LogP contribution in [0.25, 0.3) is 5.69 Å². The molecule has 0 atom stereocenters. The molecule has 5 heteroatoms. The van der Waals surface area contributed by atoms with Crippen molar-refractivity contribution in [3.63, 3.8) is 0 Å². The van der Waals surface area contributed by atoms with E-state index in [1.165, 1.54) is 6.92 Å². The number of carbonyl (C=O) groups excluding carboxylic acids is 2. The van der Waals surface area contributed by atoms with Crippen LogP contribution < -0.4 is 0 Å². The summed E-state index contributed by atoms with van der Waals surface area (Å²) in [6.07, 6.45) is 3.46. The van der Waals surface area contributed by atoms with Crippen molar-refractivity contribution in [2.45, 2.75) is 48.5 Å². The number of carbonyl (C=O) groups is 2. The second kappa shape index (κ2) is 16.2. The van der Waals surface area contributed by atoms with Crippen LogP contribution in [0.5, 0.6) is 0 Å². The van der Waals surface area contributed by atoms with Crippen LogP contribution in [0.3, 0.4) is 0 Å². The molecule has 0 amide bonds. The standard InChI is InChI=1S/C17H13N2O2.3C2H6.Y/c1-12(20)16-14(9-10-18-16)19-11-5-8-15(19)17(21)13-6-3-2-4-7-13;3*1-2;/h2-6,8-11,18H,1H3;3*1-2H3;/q-1;;;;. The van der Waals surface area contributed by atoms with E-state index < -0.39 is 0 Å². The quantitative estimate of drug-likeness (QED) is 0.380. The fourth-order valence-corrected chi connectivity index (χ4v) is 2.29. The van der Waals surface area contributed by atoms with Crippen LogP contribution in [-0.2, 0) is 32.7 Å². The Morgan fingerprint density at radius 2 is 1.57 bits per heavy atom. The van der Waals surface area contributed by atoms with Crippen molar-refractivity contribution in [2.24, 2.45) is 0 Å². The molecule has 1 radical (unpaired) electrons. The number of aromatic nitrogens is 2. The van der Waals surface area contributed by atoms with Gasteiger partial charge in [0, 0.05) is 52.0 Å². The van der Waals surface area contributed by atoms with E-state index in [1.54, 1.807) is 53.4 Å². The molecule has 0 saturated carbocycles. The SMILES string of the molecule is CC.CC.CC.CC(=O)c1[nH]ccc1-n1cccc1C(=O)c1[c-]cccc1.[Y].